The summed E-state index contributed by atoms with van der Waals surface area (Å²) < 4.78 is 6.20. The molecular formula is C18H15N3O5. The van der Waals surface area contributed by atoms with Gasteiger partial charge in [0.2, 0.25) is 5.88 Å². The van der Waals surface area contributed by atoms with Crippen molar-refractivity contribution in [1.82, 2.24) is 9.55 Å². The number of aliphatic carboxylic acids is 1. The van der Waals surface area contributed by atoms with Crippen LogP contribution in [-0.4, -0.2) is 33.6 Å². The second kappa shape index (κ2) is 7.06. The van der Waals surface area contributed by atoms with Gasteiger partial charge in [0.1, 0.15) is 12.1 Å². The number of fused-ring (bicyclic) bond motifs is 1. The van der Waals surface area contributed by atoms with Crippen LogP contribution in [0.4, 0.5) is 5.69 Å². The van der Waals surface area contributed by atoms with Crippen LogP contribution < -0.4 is 15.6 Å². The van der Waals surface area contributed by atoms with E-state index in [4.69, 9.17) is 9.84 Å². The van der Waals surface area contributed by atoms with Crippen LogP contribution >= 0.6 is 0 Å². The van der Waals surface area contributed by atoms with Gasteiger partial charge in [0, 0.05) is 17.6 Å². The van der Waals surface area contributed by atoms with Gasteiger partial charge in [-0.2, -0.15) is 0 Å². The molecule has 0 radical (unpaired) electrons. The molecule has 132 valence electrons. The Hall–Kier alpha value is -3.68. The van der Waals surface area contributed by atoms with Crippen LogP contribution in [0, 0.1) is 0 Å². The quantitative estimate of drug-likeness (QED) is 0.723. The minimum atomic E-state index is -1.16. The Morgan fingerprint density at radius 2 is 2.00 bits per heavy atom. The molecule has 3 rings (SSSR count). The Bertz CT molecular complexity index is 1060. The number of carboxylic acids is 1. The number of methoxy groups -OCH3 is 1. The molecule has 0 saturated carbocycles. The normalized spacial score (nSPS) is 10.5. The van der Waals surface area contributed by atoms with Crippen molar-refractivity contribution in [2.45, 2.75) is 6.54 Å². The Morgan fingerprint density at radius 1 is 1.23 bits per heavy atom. The molecule has 2 N–H and O–H groups in total. The molecule has 0 unspecified atom stereocenters. The van der Waals surface area contributed by atoms with Crippen molar-refractivity contribution in [3.8, 4) is 5.88 Å². The molecule has 0 fully saturated rings. The molecule has 3 aromatic rings. The number of amides is 1. The summed E-state index contributed by atoms with van der Waals surface area (Å²) in [7, 11) is 1.42. The van der Waals surface area contributed by atoms with Crippen LogP contribution in [0.15, 0.2) is 53.5 Å². The van der Waals surface area contributed by atoms with Gasteiger partial charge in [-0.05, 0) is 18.2 Å². The number of rotatable bonds is 5. The third-order valence-corrected chi connectivity index (χ3v) is 3.67. The maximum atomic E-state index is 12.6. The molecular weight excluding hydrogens is 338 g/mol. The first-order valence-corrected chi connectivity index (χ1v) is 7.65. The number of ether oxygens (including phenoxy) is 1. The average Bonchev–Trinajstić information content (AvgIpc) is 2.62. The van der Waals surface area contributed by atoms with E-state index < -0.39 is 24.0 Å². The van der Waals surface area contributed by atoms with Gasteiger partial charge in [-0.1, -0.05) is 18.2 Å². The van der Waals surface area contributed by atoms with Gasteiger partial charge >= 0.3 is 5.97 Å². The zero-order valence-electron chi connectivity index (χ0n) is 13.8. The molecule has 0 atom stereocenters. The summed E-state index contributed by atoms with van der Waals surface area (Å²) in [5, 5.41) is 12.2. The molecule has 0 aliphatic heterocycles. The number of para-hydroxylation sites is 1. The van der Waals surface area contributed by atoms with Crippen LogP contribution in [0.25, 0.3) is 10.9 Å². The van der Waals surface area contributed by atoms with Crippen molar-refractivity contribution in [2.24, 2.45) is 0 Å². The van der Waals surface area contributed by atoms with Gasteiger partial charge in [-0.25, -0.2) is 4.98 Å². The van der Waals surface area contributed by atoms with Crippen molar-refractivity contribution in [1.29, 1.82) is 0 Å². The number of hydrogen-bond donors (Lipinski definition) is 2. The van der Waals surface area contributed by atoms with Crippen molar-refractivity contribution in [2.75, 3.05) is 12.4 Å². The molecule has 8 heteroatoms. The molecule has 0 spiro atoms. The van der Waals surface area contributed by atoms with E-state index in [9.17, 15) is 14.4 Å². The SMILES string of the molecule is COc1nc2ccccc2cc1C(=O)Nc1ccc(=O)n(CC(=O)O)c1. The van der Waals surface area contributed by atoms with E-state index in [1.165, 1.54) is 25.4 Å². The van der Waals surface area contributed by atoms with E-state index in [0.29, 0.717) is 5.52 Å². The lowest BCUT2D eigenvalue weighted by molar-refractivity contribution is -0.137. The van der Waals surface area contributed by atoms with Crippen LogP contribution in [0.1, 0.15) is 10.4 Å². The smallest absolute Gasteiger partial charge is 0.323 e. The second-order valence-electron chi connectivity index (χ2n) is 5.47. The van der Waals surface area contributed by atoms with Gasteiger partial charge in [0.05, 0.1) is 18.3 Å². The van der Waals surface area contributed by atoms with E-state index >= 15 is 0 Å². The highest BCUT2D eigenvalue weighted by Gasteiger charge is 2.16. The van der Waals surface area contributed by atoms with Crippen LogP contribution in [0.5, 0.6) is 5.88 Å². The second-order valence-corrected chi connectivity index (χ2v) is 5.47. The monoisotopic (exact) mass is 353 g/mol. The number of pyridine rings is 2. The van der Waals surface area contributed by atoms with Gasteiger partial charge in [0.25, 0.3) is 11.5 Å². The Kier molecular flexibility index (Phi) is 4.66. The number of carbonyl (C=O) groups excluding carboxylic acids is 1. The molecule has 1 aromatic carbocycles. The standard InChI is InChI=1S/C18H15N3O5/c1-26-18-13(8-11-4-2-3-5-14(11)20-18)17(25)19-12-6-7-15(22)21(9-12)10-16(23)24/h2-9H,10H2,1H3,(H,19,25)(H,23,24). The Morgan fingerprint density at radius 3 is 2.73 bits per heavy atom. The van der Waals surface area contributed by atoms with Crippen molar-refractivity contribution >= 4 is 28.5 Å². The average molecular weight is 353 g/mol. The lowest BCUT2D eigenvalue weighted by atomic mass is 10.1. The molecule has 0 saturated heterocycles. The van der Waals surface area contributed by atoms with E-state index in [0.717, 1.165) is 9.95 Å². The first-order chi connectivity index (χ1) is 12.5. The van der Waals surface area contributed by atoms with Crippen LogP contribution in [-0.2, 0) is 11.3 Å². The first-order valence-electron chi connectivity index (χ1n) is 7.65. The molecule has 0 aliphatic carbocycles. The van der Waals surface area contributed by atoms with E-state index in [2.05, 4.69) is 10.3 Å². The molecule has 26 heavy (non-hydrogen) atoms. The van der Waals surface area contributed by atoms with Crippen LogP contribution in [0.2, 0.25) is 0 Å². The zero-order valence-corrected chi connectivity index (χ0v) is 13.8. The van der Waals surface area contributed by atoms with E-state index in [1.54, 1.807) is 12.1 Å². The van der Waals surface area contributed by atoms with Gasteiger partial charge in [0.15, 0.2) is 0 Å². The summed E-state index contributed by atoms with van der Waals surface area (Å²) in [6.45, 7) is -0.497. The number of carbonyl (C=O) groups is 2. The van der Waals surface area contributed by atoms with Gasteiger partial charge < -0.3 is 19.7 Å². The Balaban J connectivity index is 1.94. The minimum absolute atomic E-state index is 0.167. The molecule has 1 amide bonds. The highest BCUT2D eigenvalue weighted by molar-refractivity contribution is 6.07. The Labute approximate surface area is 147 Å². The van der Waals surface area contributed by atoms with E-state index in [1.807, 2.05) is 18.2 Å². The van der Waals surface area contributed by atoms with Gasteiger partial charge in [-0.15, -0.1) is 0 Å². The largest absolute Gasteiger partial charge is 0.480 e. The fraction of sp³-hybridized carbons (Fsp3) is 0.111. The number of benzene rings is 1. The summed E-state index contributed by atoms with van der Waals surface area (Å²) in [6, 6.07) is 11.5. The summed E-state index contributed by atoms with van der Waals surface area (Å²) in [4.78, 5) is 39.4. The first kappa shape index (κ1) is 17.2. The van der Waals surface area contributed by atoms with Crippen molar-refractivity contribution < 1.29 is 19.4 Å². The topological polar surface area (TPSA) is 111 Å². The third-order valence-electron chi connectivity index (χ3n) is 3.67. The van der Waals surface area contributed by atoms with Gasteiger partial charge in [-0.3, -0.25) is 14.4 Å². The lowest BCUT2D eigenvalue weighted by Gasteiger charge is -2.11. The molecule has 0 aliphatic rings. The fourth-order valence-electron chi connectivity index (χ4n) is 2.49. The third kappa shape index (κ3) is 3.54. The summed E-state index contributed by atoms with van der Waals surface area (Å²) in [5.74, 6) is -1.48. The summed E-state index contributed by atoms with van der Waals surface area (Å²) in [5.41, 5.74) is 0.722. The minimum Gasteiger partial charge on any atom is -0.480 e. The number of nitrogens with one attached hydrogen (secondary N) is 1. The summed E-state index contributed by atoms with van der Waals surface area (Å²) in [6.07, 6.45) is 1.27. The highest BCUT2D eigenvalue weighted by Crippen LogP contribution is 2.23. The summed E-state index contributed by atoms with van der Waals surface area (Å²) >= 11 is 0. The lowest BCUT2D eigenvalue weighted by Crippen LogP contribution is -2.24. The van der Waals surface area contributed by atoms with Crippen LogP contribution in [0.3, 0.4) is 0 Å². The maximum Gasteiger partial charge on any atom is 0.323 e. The molecule has 2 heterocycles. The fourth-order valence-corrected chi connectivity index (χ4v) is 2.49. The predicted molar refractivity (Wildman–Crippen MR) is 94.6 cm³/mol. The zero-order chi connectivity index (χ0) is 18.7. The van der Waals surface area contributed by atoms with E-state index in [-0.39, 0.29) is 17.1 Å². The predicted octanol–water partition coefficient (Wildman–Crippen LogP) is 1.74. The highest BCUT2D eigenvalue weighted by atomic mass is 16.5. The number of nitrogens with zero attached hydrogens (tertiary/aromatic N) is 2. The number of aromatic nitrogens is 2. The number of anilines is 1. The molecule has 8 nitrogen and oxygen atoms in total. The number of hydrogen-bond acceptors (Lipinski definition) is 5. The molecule has 0 bridgehead atoms. The maximum absolute atomic E-state index is 12.6. The molecule has 2 aromatic heterocycles. The van der Waals surface area contributed by atoms with Crippen molar-refractivity contribution in [3.63, 3.8) is 0 Å². The number of carboxylic acid groups (broad SMARTS) is 1. The van der Waals surface area contributed by atoms with Crippen molar-refractivity contribution in [3.05, 3.63) is 64.6 Å².